The normalized spacial score (nSPS) is 16.7. The van der Waals surface area contributed by atoms with Crippen LogP contribution in [0.1, 0.15) is 29.0 Å². The number of hydrogen-bond donors (Lipinski definition) is 1. The Bertz CT molecular complexity index is 871. The molecule has 2 heterocycles. The quantitative estimate of drug-likeness (QED) is 0.721. The van der Waals surface area contributed by atoms with E-state index in [0.717, 1.165) is 27.0 Å². The average Bonchev–Trinajstić information content (AvgIpc) is 3.10. The molecule has 0 fully saturated rings. The molecule has 0 radical (unpaired) electrons. The van der Waals surface area contributed by atoms with Crippen molar-refractivity contribution >= 4 is 27.5 Å². The van der Waals surface area contributed by atoms with Gasteiger partial charge in [0.25, 0.3) is 5.91 Å². The Kier molecular flexibility index (Phi) is 3.31. The van der Waals surface area contributed by atoms with Crippen LogP contribution in [0.2, 0.25) is 0 Å². The fourth-order valence-corrected chi connectivity index (χ4v) is 3.37. The van der Waals surface area contributed by atoms with Crippen LogP contribution in [0.5, 0.6) is 0 Å². The van der Waals surface area contributed by atoms with Crippen LogP contribution in [0.25, 0.3) is 11.3 Å². The number of aromatic amines is 1. The summed E-state index contributed by atoms with van der Waals surface area (Å²) in [4.78, 5) is 14.6. The minimum Gasteiger partial charge on any atom is -0.300 e. The number of H-pyrrole nitrogens is 1. The Morgan fingerprint density at radius 3 is 2.48 bits per heavy atom. The van der Waals surface area contributed by atoms with Crippen molar-refractivity contribution in [2.45, 2.75) is 13.0 Å². The maximum Gasteiger partial charge on any atom is 0.277 e. The topological polar surface area (TPSA) is 49.0 Å². The number of fused-ring (bicyclic) bond motifs is 1. The Hall–Kier alpha value is -2.40. The van der Waals surface area contributed by atoms with Gasteiger partial charge in [0.1, 0.15) is 5.69 Å². The minimum absolute atomic E-state index is 0.0328. The molecule has 1 atom stereocenters. The van der Waals surface area contributed by atoms with Gasteiger partial charge in [0, 0.05) is 21.3 Å². The monoisotopic (exact) mass is 367 g/mol. The van der Waals surface area contributed by atoms with Gasteiger partial charge in [-0.1, -0.05) is 46.3 Å². The number of rotatable bonds is 2. The van der Waals surface area contributed by atoms with Crippen LogP contribution in [0.3, 0.4) is 0 Å². The van der Waals surface area contributed by atoms with Crippen molar-refractivity contribution in [2.24, 2.45) is 0 Å². The summed E-state index contributed by atoms with van der Waals surface area (Å²) in [5, 5.41) is 7.31. The molecule has 1 amide bonds. The van der Waals surface area contributed by atoms with E-state index in [0.29, 0.717) is 5.69 Å². The van der Waals surface area contributed by atoms with Crippen LogP contribution in [0.15, 0.2) is 59.1 Å². The average molecular weight is 368 g/mol. The Morgan fingerprint density at radius 1 is 1.09 bits per heavy atom. The first-order valence-corrected chi connectivity index (χ1v) is 8.19. The van der Waals surface area contributed by atoms with Gasteiger partial charge in [-0.2, -0.15) is 5.10 Å². The van der Waals surface area contributed by atoms with Crippen molar-refractivity contribution in [3.05, 3.63) is 70.3 Å². The third-order valence-electron chi connectivity index (χ3n) is 4.19. The Balaban J connectivity index is 1.80. The number of carbonyl (C=O) groups is 1. The highest BCUT2D eigenvalue weighted by atomic mass is 79.9. The smallest absolute Gasteiger partial charge is 0.277 e. The van der Waals surface area contributed by atoms with E-state index in [1.54, 1.807) is 0 Å². The van der Waals surface area contributed by atoms with Crippen LogP contribution in [-0.2, 0) is 0 Å². The number of benzene rings is 2. The molecule has 4 nitrogen and oxygen atoms in total. The Labute approximate surface area is 142 Å². The lowest BCUT2D eigenvalue weighted by Crippen LogP contribution is -2.26. The lowest BCUT2D eigenvalue weighted by molar-refractivity contribution is 0.0987. The highest BCUT2D eigenvalue weighted by Crippen LogP contribution is 2.41. The first kappa shape index (κ1) is 14.2. The van der Waals surface area contributed by atoms with E-state index in [4.69, 9.17) is 0 Å². The summed E-state index contributed by atoms with van der Waals surface area (Å²) in [6.45, 7) is 2.04. The third kappa shape index (κ3) is 2.19. The van der Waals surface area contributed by atoms with E-state index in [1.807, 2.05) is 66.4 Å². The molecule has 1 aliphatic heterocycles. The number of carbonyl (C=O) groups excluding carboxylic acids is 1. The van der Waals surface area contributed by atoms with Gasteiger partial charge in [0.15, 0.2) is 0 Å². The second-order valence-electron chi connectivity index (χ2n) is 5.55. The third-order valence-corrected chi connectivity index (χ3v) is 4.72. The molecule has 1 aromatic heterocycles. The van der Waals surface area contributed by atoms with Crippen molar-refractivity contribution in [3.63, 3.8) is 0 Å². The van der Waals surface area contributed by atoms with Crippen molar-refractivity contribution in [2.75, 3.05) is 4.90 Å². The molecular weight excluding hydrogens is 354 g/mol. The summed E-state index contributed by atoms with van der Waals surface area (Å²) in [6.07, 6.45) is 0. The SMILES string of the molecule is CC1c2c(-c3ccc(Br)cc3)n[nH]c2C(=O)N1c1ccccc1. The minimum atomic E-state index is -0.0581. The second-order valence-corrected chi connectivity index (χ2v) is 6.47. The van der Waals surface area contributed by atoms with Crippen LogP contribution in [0.4, 0.5) is 5.69 Å². The molecule has 5 heteroatoms. The van der Waals surface area contributed by atoms with Crippen LogP contribution in [0, 0.1) is 0 Å². The summed E-state index contributed by atoms with van der Waals surface area (Å²) in [6, 6.07) is 17.6. The zero-order chi connectivity index (χ0) is 16.0. The molecule has 1 N–H and O–H groups in total. The van der Waals surface area contributed by atoms with Crippen molar-refractivity contribution in [1.82, 2.24) is 10.2 Å². The fourth-order valence-electron chi connectivity index (χ4n) is 3.10. The van der Waals surface area contributed by atoms with Crippen LogP contribution >= 0.6 is 15.9 Å². The van der Waals surface area contributed by atoms with Gasteiger partial charge in [0.2, 0.25) is 0 Å². The summed E-state index contributed by atoms with van der Waals surface area (Å²) in [5.74, 6) is -0.0328. The van der Waals surface area contributed by atoms with Crippen LogP contribution in [-0.4, -0.2) is 16.1 Å². The second kappa shape index (κ2) is 5.35. The van der Waals surface area contributed by atoms with Gasteiger partial charge in [-0.25, -0.2) is 0 Å². The van der Waals surface area contributed by atoms with Gasteiger partial charge in [-0.3, -0.25) is 14.8 Å². The van der Waals surface area contributed by atoms with E-state index >= 15 is 0 Å². The molecule has 4 rings (SSSR count). The van der Waals surface area contributed by atoms with E-state index in [-0.39, 0.29) is 11.9 Å². The number of aromatic nitrogens is 2. The molecule has 1 unspecified atom stereocenters. The van der Waals surface area contributed by atoms with Gasteiger partial charge in [-0.15, -0.1) is 0 Å². The number of anilines is 1. The molecule has 23 heavy (non-hydrogen) atoms. The van der Waals surface area contributed by atoms with E-state index < -0.39 is 0 Å². The summed E-state index contributed by atoms with van der Waals surface area (Å²) in [5.41, 5.74) is 4.28. The largest absolute Gasteiger partial charge is 0.300 e. The first-order chi connectivity index (χ1) is 11.2. The highest BCUT2D eigenvalue weighted by Gasteiger charge is 2.39. The number of nitrogens with zero attached hydrogens (tertiary/aromatic N) is 2. The number of nitrogens with one attached hydrogen (secondary N) is 1. The van der Waals surface area contributed by atoms with Crippen molar-refractivity contribution < 1.29 is 4.79 Å². The van der Waals surface area contributed by atoms with Gasteiger partial charge < -0.3 is 0 Å². The van der Waals surface area contributed by atoms with Gasteiger partial charge in [0.05, 0.1) is 11.7 Å². The number of halogens is 1. The summed E-state index contributed by atoms with van der Waals surface area (Å²) < 4.78 is 1.02. The fraction of sp³-hybridized carbons (Fsp3) is 0.111. The molecule has 0 saturated carbocycles. The molecule has 3 aromatic rings. The maximum absolute atomic E-state index is 12.8. The molecule has 2 aromatic carbocycles. The lowest BCUT2D eigenvalue weighted by Gasteiger charge is -2.22. The zero-order valence-corrected chi connectivity index (χ0v) is 14.0. The molecule has 0 aliphatic carbocycles. The maximum atomic E-state index is 12.8. The van der Waals surface area contributed by atoms with Crippen LogP contribution < -0.4 is 4.90 Å². The molecule has 0 saturated heterocycles. The van der Waals surface area contributed by atoms with Gasteiger partial charge in [-0.05, 0) is 31.2 Å². The molecule has 0 bridgehead atoms. The van der Waals surface area contributed by atoms with E-state index in [1.165, 1.54) is 0 Å². The van der Waals surface area contributed by atoms with E-state index in [9.17, 15) is 4.79 Å². The highest BCUT2D eigenvalue weighted by molar-refractivity contribution is 9.10. The van der Waals surface area contributed by atoms with Crippen molar-refractivity contribution in [1.29, 1.82) is 0 Å². The lowest BCUT2D eigenvalue weighted by atomic mass is 10.0. The predicted molar refractivity (Wildman–Crippen MR) is 93.4 cm³/mol. The first-order valence-electron chi connectivity index (χ1n) is 7.39. The number of para-hydroxylation sites is 1. The molecule has 0 spiro atoms. The Morgan fingerprint density at radius 2 is 1.78 bits per heavy atom. The van der Waals surface area contributed by atoms with Crippen molar-refractivity contribution in [3.8, 4) is 11.3 Å². The van der Waals surface area contributed by atoms with E-state index in [2.05, 4.69) is 26.1 Å². The number of amides is 1. The summed E-state index contributed by atoms with van der Waals surface area (Å²) >= 11 is 3.44. The zero-order valence-electron chi connectivity index (χ0n) is 12.5. The molecular formula is C18H14BrN3O. The summed E-state index contributed by atoms with van der Waals surface area (Å²) in [7, 11) is 0. The number of hydrogen-bond acceptors (Lipinski definition) is 2. The molecule has 114 valence electrons. The predicted octanol–water partition coefficient (Wildman–Crippen LogP) is 4.56. The van der Waals surface area contributed by atoms with Gasteiger partial charge >= 0.3 is 0 Å². The standard InChI is InChI=1S/C18H14BrN3O/c1-11-15-16(12-7-9-13(19)10-8-12)20-21-17(15)18(23)22(11)14-5-3-2-4-6-14/h2-11H,1H3,(H,20,21). The molecule has 1 aliphatic rings.